The molecule has 0 amide bonds. The molecule has 0 bridgehead atoms. The van der Waals surface area contributed by atoms with E-state index >= 15 is 0 Å². The highest BCUT2D eigenvalue weighted by Crippen LogP contribution is 2.14. The van der Waals surface area contributed by atoms with E-state index < -0.39 is 0 Å². The van der Waals surface area contributed by atoms with Crippen LogP contribution in [0.3, 0.4) is 0 Å². The first-order valence-electron chi connectivity index (χ1n) is 6.26. The minimum atomic E-state index is -0.334. The number of nitrogens with zero attached hydrogens (tertiary/aromatic N) is 1. The van der Waals surface area contributed by atoms with Crippen LogP contribution in [0.1, 0.15) is 27.7 Å². The van der Waals surface area contributed by atoms with Crippen LogP contribution >= 0.6 is 0 Å². The molecule has 1 rings (SSSR count). The van der Waals surface area contributed by atoms with Crippen molar-refractivity contribution < 1.29 is 19.1 Å². The summed E-state index contributed by atoms with van der Waals surface area (Å²) >= 11 is 0. The maximum atomic E-state index is 11.8. The summed E-state index contributed by atoms with van der Waals surface area (Å²) in [7, 11) is 0. The first kappa shape index (κ1) is 17.7. The zero-order chi connectivity index (χ0) is 15.5. The van der Waals surface area contributed by atoms with Crippen molar-refractivity contribution in [3.8, 4) is 0 Å². The molecule has 0 atom stereocenters. The van der Waals surface area contributed by atoms with Gasteiger partial charge in [0.2, 0.25) is 0 Å². The van der Waals surface area contributed by atoms with Crippen LogP contribution in [0.2, 0.25) is 0 Å². The number of carbonyl (C=O) groups excluding carboxylic acids is 3. The molecule has 0 aliphatic rings. The topological polar surface area (TPSA) is 72.8 Å². The summed E-state index contributed by atoms with van der Waals surface area (Å²) in [6.45, 7) is 7.53. The van der Waals surface area contributed by atoms with E-state index in [0.717, 1.165) is 5.69 Å². The summed E-state index contributed by atoms with van der Waals surface area (Å²) in [5.74, 6) is -0.291. The molecule has 0 unspecified atom stereocenters. The lowest BCUT2D eigenvalue weighted by molar-refractivity contribution is -0.191. The van der Waals surface area contributed by atoms with Crippen molar-refractivity contribution in [2.75, 3.05) is 0 Å². The molecular weight excluding hydrogens is 258 g/mol. The normalized spacial score (nSPS) is 10.6. The lowest BCUT2D eigenvalue weighted by Crippen LogP contribution is -2.25. The second-order valence-electron chi connectivity index (χ2n) is 4.52. The number of benzene rings is 1. The highest BCUT2D eigenvalue weighted by Gasteiger charge is 2.18. The summed E-state index contributed by atoms with van der Waals surface area (Å²) < 4.78 is 5.18. The van der Waals surface area contributed by atoms with Crippen LogP contribution in [0, 0.1) is 5.92 Å². The maximum Gasteiger partial charge on any atom is 0.373 e. The zero-order valence-electron chi connectivity index (χ0n) is 12.1. The average Bonchev–Trinajstić information content (AvgIpc) is 2.36. The lowest BCUT2D eigenvalue weighted by atomic mass is 10.1. The highest BCUT2D eigenvalue weighted by molar-refractivity contribution is 6.37. The van der Waals surface area contributed by atoms with Gasteiger partial charge < -0.3 is 4.74 Å². The molecule has 0 aliphatic carbocycles. The SMILES string of the molecule is CC(C)OC(=O)C(=Nc1ccccc1)C(C)C.O=C=O. The standard InChI is InChI=1S/C14H19NO2.CO2/c1-10(2)13(14(16)17-11(3)4)15-12-8-6-5-7-9-12;2-1-3/h5-11H,1-4H3;. The van der Waals surface area contributed by atoms with Gasteiger partial charge in [-0.1, -0.05) is 32.0 Å². The molecule has 5 heteroatoms. The minimum Gasteiger partial charge on any atom is -0.458 e. The van der Waals surface area contributed by atoms with Crippen LogP contribution in [0.15, 0.2) is 35.3 Å². The van der Waals surface area contributed by atoms with Gasteiger partial charge in [0.25, 0.3) is 0 Å². The Morgan fingerprint density at radius 3 is 2.00 bits per heavy atom. The average molecular weight is 277 g/mol. The molecule has 20 heavy (non-hydrogen) atoms. The molecule has 5 nitrogen and oxygen atoms in total. The van der Waals surface area contributed by atoms with Gasteiger partial charge in [0, 0.05) is 5.92 Å². The number of aliphatic imine (C=N–C) groups is 1. The van der Waals surface area contributed by atoms with E-state index in [4.69, 9.17) is 14.3 Å². The Kier molecular flexibility index (Phi) is 8.55. The lowest BCUT2D eigenvalue weighted by Gasteiger charge is -2.12. The Bertz CT molecular complexity index is 472. The van der Waals surface area contributed by atoms with E-state index in [1.165, 1.54) is 0 Å². The number of ether oxygens (including phenoxy) is 1. The van der Waals surface area contributed by atoms with Crippen molar-refractivity contribution >= 4 is 23.5 Å². The third-order valence-electron chi connectivity index (χ3n) is 2.10. The molecule has 0 saturated heterocycles. The summed E-state index contributed by atoms with van der Waals surface area (Å²) in [6.07, 6.45) is 0.127. The Morgan fingerprint density at radius 2 is 1.60 bits per heavy atom. The van der Waals surface area contributed by atoms with Gasteiger partial charge in [-0.25, -0.2) is 9.79 Å². The van der Waals surface area contributed by atoms with Gasteiger partial charge in [-0.3, -0.25) is 0 Å². The van der Waals surface area contributed by atoms with Crippen LogP contribution in [0.25, 0.3) is 0 Å². The van der Waals surface area contributed by atoms with E-state index in [0.29, 0.717) is 5.71 Å². The fourth-order valence-corrected chi connectivity index (χ4v) is 1.33. The molecule has 0 saturated carbocycles. The molecule has 0 N–H and O–H groups in total. The highest BCUT2D eigenvalue weighted by atomic mass is 16.5. The molecule has 0 aromatic heterocycles. The van der Waals surface area contributed by atoms with E-state index in [1.54, 1.807) is 0 Å². The minimum absolute atomic E-state index is 0.0430. The molecule has 1 aromatic rings. The van der Waals surface area contributed by atoms with Crippen molar-refractivity contribution in [3.63, 3.8) is 0 Å². The fraction of sp³-hybridized carbons (Fsp3) is 0.400. The summed E-state index contributed by atoms with van der Waals surface area (Å²) in [5, 5.41) is 0. The summed E-state index contributed by atoms with van der Waals surface area (Å²) in [4.78, 5) is 32.4. The van der Waals surface area contributed by atoms with Crippen LogP contribution in [-0.4, -0.2) is 23.9 Å². The first-order chi connectivity index (χ1) is 9.42. The Morgan fingerprint density at radius 1 is 1.10 bits per heavy atom. The molecule has 1 aromatic carbocycles. The second kappa shape index (κ2) is 9.64. The van der Waals surface area contributed by atoms with Crippen LogP contribution in [-0.2, 0) is 19.1 Å². The first-order valence-corrected chi connectivity index (χ1v) is 6.26. The molecule has 0 spiro atoms. The van der Waals surface area contributed by atoms with E-state index in [-0.39, 0.29) is 24.1 Å². The quantitative estimate of drug-likeness (QED) is 0.626. The number of para-hydroxylation sites is 1. The van der Waals surface area contributed by atoms with Crippen LogP contribution in [0.5, 0.6) is 0 Å². The van der Waals surface area contributed by atoms with Gasteiger partial charge in [-0.05, 0) is 26.0 Å². The zero-order valence-corrected chi connectivity index (χ0v) is 12.1. The number of hydrogen-bond acceptors (Lipinski definition) is 5. The molecule has 0 radical (unpaired) electrons. The van der Waals surface area contributed by atoms with E-state index in [1.807, 2.05) is 58.0 Å². The Balaban J connectivity index is 0.00000110. The van der Waals surface area contributed by atoms with E-state index in [9.17, 15) is 4.79 Å². The third kappa shape index (κ3) is 7.24. The van der Waals surface area contributed by atoms with Crippen molar-refractivity contribution in [2.24, 2.45) is 10.9 Å². The van der Waals surface area contributed by atoms with Crippen LogP contribution in [0.4, 0.5) is 5.69 Å². The van der Waals surface area contributed by atoms with Crippen molar-refractivity contribution in [1.29, 1.82) is 0 Å². The number of hydrogen-bond donors (Lipinski definition) is 0. The Labute approximate surface area is 118 Å². The molecule has 108 valence electrons. The van der Waals surface area contributed by atoms with Gasteiger partial charge in [-0.15, -0.1) is 0 Å². The van der Waals surface area contributed by atoms with Crippen molar-refractivity contribution in [3.05, 3.63) is 30.3 Å². The fourth-order valence-electron chi connectivity index (χ4n) is 1.33. The van der Waals surface area contributed by atoms with Crippen LogP contribution < -0.4 is 0 Å². The predicted octanol–water partition coefficient (Wildman–Crippen LogP) is 2.78. The van der Waals surface area contributed by atoms with Gasteiger partial charge >= 0.3 is 12.1 Å². The van der Waals surface area contributed by atoms with Gasteiger partial charge in [0.05, 0.1) is 11.8 Å². The number of rotatable bonds is 4. The van der Waals surface area contributed by atoms with Crippen molar-refractivity contribution in [1.82, 2.24) is 0 Å². The van der Waals surface area contributed by atoms with Crippen molar-refractivity contribution in [2.45, 2.75) is 33.8 Å². The number of carbonyl (C=O) groups is 1. The van der Waals surface area contributed by atoms with E-state index in [2.05, 4.69) is 4.99 Å². The summed E-state index contributed by atoms with van der Waals surface area (Å²) in [6, 6.07) is 9.44. The largest absolute Gasteiger partial charge is 0.458 e. The molecule has 0 fully saturated rings. The second-order valence-corrected chi connectivity index (χ2v) is 4.52. The smallest absolute Gasteiger partial charge is 0.373 e. The monoisotopic (exact) mass is 277 g/mol. The third-order valence-corrected chi connectivity index (χ3v) is 2.10. The van der Waals surface area contributed by atoms with Gasteiger partial charge in [0.1, 0.15) is 5.71 Å². The number of esters is 1. The van der Waals surface area contributed by atoms with Gasteiger partial charge in [-0.2, -0.15) is 9.59 Å². The molecule has 0 aliphatic heterocycles. The predicted molar refractivity (Wildman–Crippen MR) is 74.6 cm³/mol. The maximum absolute atomic E-state index is 11.8. The molecular formula is C15H19NO4. The molecule has 0 heterocycles. The Hall–Kier alpha value is -2.26. The van der Waals surface area contributed by atoms with Gasteiger partial charge in [0.15, 0.2) is 0 Å². The summed E-state index contributed by atoms with van der Waals surface area (Å²) in [5.41, 5.74) is 1.24.